The fourth-order valence-electron chi connectivity index (χ4n) is 2.10. The molecule has 140 valence electrons. The van der Waals surface area contributed by atoms with Gasteiger partial charge in [0.15, 0.2) is 0 Å². The van der Waals surface area contributed by atoms with Gasteiger partial charge in [-0.2, -0.15) is 0 Å². The average molecular weight is 399 g/mol. The number of nitrogens with one attached hydrogen (secondary N) is 2. The minimum Gasteiger partial charge on any atom is -0.497 e. The van der Waals surface area contributed by atoms with Crippen LogP contribution < -0.4 is 19.5 Å². The minimum atomic E-state index is -3.66. The van der Waals surface area contributed by atoms with Gasteiger partial charge in [0.25, 0.3) is 5.91 Å². The Labute approximate surface area is 157 Å². The highest BCUT2D eigenvalue weighted by Gasteiger charge is 2.14. The highest BCUT2D eigenvalue weighted by Crippen LogP contribution is 2.22. The molecule has 0 aliphatic heterocycles. The van der Waals surface area contributed by atoms with Gasteiger partial charge in [-0.1, -0.05) is 11.6 Å². The van der Waals surface area contributed by atoms with E-state index in [-0.39, 0.29) is 23.9 Å². The molecule has 0 fully saturated rings. The molecule has 2 aromatic carbocycles. The maximum absolute atomic E-state index is 12.2. The van der Waals surface area contributed by atoms with Gasteiger partial charge in [-0.25, -0.2) is 13.1 Å². The van der Waals surface area contributed by atoms with E-state index in [9.17, 15) is 13.2 Å². The molecule has 0 spiro atoms. The van der Waals surface area contributed by atoms with E-state index in [1.54, 1.807) is 18.2 Å². The summed E-state index contributed by atoms with van der Waals surface area (Å²) in [6.07, 6.45) is 0. The molecule has 0 aliphatic carbocycles. The van der Waals surface area contributed by atoms with E-state index in [1.165, 1.54) is 38.5 Å². The Morgan fingerprint density at radius 2 is 1.58 bits per heavy atom. The van der Waals surface area contributed by atoms with Gasteiger partial charge in [0.05, 0.1) is 19.1 Å². The molecular weight excluding hydrogens is 380 g/mol. The van der Waals surface area contributed by atoms with Crippen LogP contribution in [0.4, 0.5) is 0 Å². The van der Waals surface area contributed by atoms with E-state index in [0.29, 0.717) is 22.1 Å². The standard InChI is InChI=1S/C17H19ClN2O5S/c1-24-14-9-12(10-15(11-14)25-2)17(21)19-7-8-20-26(22,23)16-5-3-13(18)4-6-16/h3-6,9-11,20H,7-8H2,1-2H3,(H,19,21). The zero-order valence-electron chi connectivity index (χ0n) is 14.3. The first kappa shape index (κ1) is 20.0. The molecule has 0 atom stereocenters. The number of carbonyl (C=O) groups excluding carboxylic acids is 1. The summed E-state index contributed by atoms with van der Waals surface area (Å²) < 4.78 is 36.9. The molecule has 0 aliphatic rings. The van der Waals surface area contributed by atoms with Gasteiger partial charge in [-0.05, 0) is 36.4 Å². The molecule has 9 heteroatoms. The Morgan fingerprint density at radius 3 is 2.12 bits per heavy atom. The molecule has 0 saturated carbocycles. The Bertz CT molecular complexity index is 847. The van der Waals surface area contributed by atoms with Crippen molar-refractivity contribution >= 4 is 27.5 Å². The highest BCUT2D eigenvalue weighted by molar-refractivity contribution is 7.89. The third-order valence-electron chi connectivity index (χ3n) is 3.44. The summed E-state index contributed by atoms with van der Waals surface area (Å²) in [5.41, 5.74) is 0.349. The molecule has 0 saturated heterocycles. The van der Waals surface area contributed by atoms with E-state index >= 15 is 0 Å². The van der Waals surface area contributed by atoms with Crippen LogP contribution >= 0.6 is 11.6 Å². The highest BCUT2D eigenvalue weighted by atomic mass is 35.5. The molecule has 0 heterocycles. The van der Waals surface area contributed by atoms with Crippen LogP contribution in [0.3, 0.4) is 0 Å². The lowest BCUT2D eigenvalue weighted by Crippen LogP contribution is -2.34. The molecule has 7 nitrogen and oxygen atoms in total. The number of methoxy groups -OCH3 is 2. The summed E-state index contributed by atoms with van der Waals surface area (Å²) in [6, 6.07) is 10.6. The van der Waals surface area contributed by atoms with Gasteiger partial charge in [0.2, 0.25) is 10.0 Å². The predicted octanol–water partition coefficient (Wildman–Crippen LogP) is 2.07. The fraction of sp³-hybridized carbons (Fsp3) is 0.235. The SMILES string of the molecule is COc1cc(OC)cc(C(=O)NCCNS(=O)(=O)c2ccc(Cl)cc2)c1. The van der Waals surface area contributed by atoms with E-state index in [1.807, 2.05) is 0 Å². The van der Waals surface area contributed by atoms with E-state index in [4.69, 9.17) is 21.1 Å². The van der Waals surface area contributed by atoms with Crippen LogP contribution in [0.2, 0.25) is 5.02 Å². The summed E-state index contributed by atoms with van der Waals surface area (Å²) in [5, 5.41) is 3.09. The fourth-order valence-corrected chi connectivity index (χ4v) is 3.26. The smallest absolute Gasteiger partial charge is 0.251 e. The largest absolute Gasteiger partial charge is 0.497 e. The number of carbonyl (C=O) groups is 1. The number of ether oxygens (including phenoxy) is 2. The van der Waals surface area contributed by atoms with Crippen LogP contribution in [0.5, 0.6) is 11.5 Å². The van der Waals surface area contributed by atoms with Crippen molar-refractivity contribution in [2.45, 2.75) is 4.90 Å². The quantitative estimate of drug-likeness (QED) is 0.664. The molecule has 0 aromatic heterocycles. The van der Waals surface area contributed by atoms with Crippen LogP contribution in [-0.2, 0) is 10.0 Å². The number of halogens is 1. The Hall–Kier alpha value is -2.29. The van der Waals surface area contributed by atoms with Gasteiger partial charge >= 0.3 is 0 Å². The number of rotatable bonds is 8. The van der Waals surface area contributed by atoms with Crippen molar-refractivity contribution in [3.8, 4) is 11.5 Å². The second-order valence-electron chi connectivity index (χ2n) is 5.21. The van der Waals surface area contributed by atoms with Crippen molar-refractivity contribution in [2.24, 2.45) is 0 Å². The number of hydrogen-bond donors (Lipinski definition) is 2. The predicted molar refractivity (Wildman–Crippen MR) is 98.5 cm³/mol. The number of sulfonamides is 1. The average Bonchev–Trinajstić information content (AvgIpc) is 2.64. The van der Waals surface area contributed by atoms with Crippen LogP contribution in [0.15, 0.2) is 47.4 Å². The van der Waals surface area contributed by atoms with Crippen molar-refractivity contribution in [3.63, 3.8) is 0 Å². The van der Waals surface area contributed by atoms with Gasteiger partial charge in [0, 0.05) is 29.7 Å². The van der Waals surface area contributed by atoms with E-state index < -0.39 is 10.0 Å². The molecule has 0 radical (unpaired) electrons. The molecule has 1 amide bonds. The molecule has 2 rings (SSSR count). The van der Waals surface area contributed by atoms with Crippen molar-refractivity contribution in [2.75, 3.05) is 27.3 Å². The molecule has 2 N–H and O–H groups in total. The van der Waals surface area contributed by atoms with Gasteiger partial charge in [0.1, 0.15) is 11.5 Å². The Kier molecular flexibility index (Phi) is 6.84. The summed E-state index contributed by atoms with van der Waals surface area (Å²) in [6.45, 7) is 0.156. The summed E-state index contributed by atoms with van der Waals surface area (Å²) in [4.78, 5) is 12.3. The van der Waals surface area contributed by atoms with Crippen LogP contribution in [0.25, 0.3) is 0 Å². The molecular formula is C17H19ClN2O5S. The number of amides is 1. The van der Waals surface area contributed by atoms with Crippen molar-refractivity contribution < 1.29 is 22.7 Å². The molecule has 0 unspecified atom stereocenters. The second kappa shape index (κ2) is 8.88. The summed E-state index contributed by atoms with van der Waals surface area (Å²) in [5.74, 6) is 0.601. The van der Waals surface area contributed by atoms with Gasteiger partial charge in [-0.15, -0.1) is 0 Å². The zero-order chi connectivity index (χ0) is 19.2. The third-order valence-corrected chi connectivity index (χ3v) is 5.17. The summed E-state index contributed by atoms with van der Waals surface area (Å²) >= 11 is 5.74. The van der Waals surface area contributed by atoms with E-state index in [0.717, 1.165) is 0 Å². The second-order valence-corrected chi connectivity index (χ2v) is 7.41. The topological polar surface area (TPSA) is 93.7 Å². The lowest BCUT2D eigenvalue weighted by atomic mass is 10.2. The van der Waals surface area contributed by atoms with Crippen molar-refractivity contribution in [1.29, 1.82) is 0 Å². The van der Waals surface area contributed by atoms with Crippen LogP contribution in [0, 0.1) is 0 Å². The first-order valence-electron chi connectivity index (χ1n) is 7.62. The first-order valence-corrected chi connectivity index (χ1v) is 9.48. The third kappa shape index (κ3) is 5.35. The van der Waals surface area contributed by atoms with Gasteiger partial charge in [-0.3, -0.25) is 4.79 Å². The first-order chi connectivity index (χ1) is 12.4. The van der Waals surface area contributed by atoms with Crippen molar-refractivity contribution in [3.05, 3.63) is 53.1 Å². The number of benzene rings is 2. The molecule has 26 heavy (non-hydrogen) atoms. The Morgan fingerprint density at radius 1 is 1.00 bits per heavy atom. The number of hydrogen-bond acceptors (Lipinski definition) is 5. The van der Waals surface area contributed by atoms with Crippen LogP contribution in [-0.4, -0.2) is 41.6 Å². The minimum absolute atomic E-state index is 0.0395. The normalized spacial score (nSPS) is 11.0. The maximum atomic E-state index is 12.2. The lowest BCUT2D eigenvalue weighted by molar-refractivity contribution is 0.0953. The van der Waals surface area contributed by atoms with Crippen molar-refractivity contribution in [1.82, 2.24) is 10.0 Å². The van der Waals surface area contributed by atoms with E-state index in [2.05, 4.69) is 10.0 Å². The summed E-state index contributed by atoms with van der Waals surface area (Å²) in [7, 11) is -0.685. The molecule has 0 bridgehead atoms. The monoisotopic (exact) mass is 398 g/mol. The molecule has 2 aromatic rings. The van der Waals surface area contributed by atoms with Gasteiger partial charge < -0.3 is 14.8 Å². The zero-order valence-corrected chi connectivity index (χ0v) is 15.9. The maximum Gasteiger partial charge on any atom is 0.251 e. The Balaban J connectivity index is 1.91. The lowest BCUT2D eigenvalue weighted by Gasteiger charge is -2.10. The van der Waals surface area contributed by atoms with Crippen LogP contribution in [0.1, 0.15) is 10.4 Å².